The fourth-order valence-electron chi connectivity index (χ4n) is 1.98. The first-order valence-electron chi connectivity index (χ1n) is 4.79. The third kappa shape index (κ3) is 1.58. The van der Waals surface area contributed by atoms with E-state index in [1.165, 1.54) is 11.1 Å². The fraction of sp³-hybridized carbons (Fsp3) is 0.364. The van der Waals surface area contributed by atoms with Crippen LogP contribution in [0.3, 0.4) is 0 Å². The Morgan fingerprint density at radius 2 is 2.29 bits per heavy atom. The number of nitrogens with one attached hydrogen (secondary N) is 1. The molecule has 1 saturated heterocycles. The summed E-state index contributed by atoms with van der Waals surface area (Å²) in [5, 5.41) is 2.84. The van der Waals surface area contributed by atoms with Gasteiger partial charge in [0.2, 0.25) is 5.91 Å². The highest BCUT2D eigenvalue weighted by Gasteiger charge is 2.23. The van der Waals surface area contributed by atoms with Gasteiger partial charge in [0.1, 0.15) is 0 Å². The minimum atomic E-state index is 0.145. The Labute approximate surface area is 83.3 Å². The number of hydrogen-bond donors (Lipinski definition) is 2. The Balaban J connectivity index is 2.28. The van der Waals surface area contributed by atoms with E-state index in [-0.39, 0.29) is 5.91 Å². The van der Waals surface area contributed by atoms with E-state index >= 15 is 0 Å². The van der Waals surface area contributed by atoms with Crippen molar-refractivity contribution in [2.24, 2.45) is 0 Å². The van der Waals surface area contributed by atoms with Gasteiger partial charge in [-0.25, -0.2) is 0 Å². The lowest BCUT2D eigenvalue weighted by molar-refractivity contribution is -0.119. The predicted octanol–water partition coefficient (Wildman–Crippen LogP) is 1.18. The molecule has 0 radical (unpaired) electrons. The minimum absolute atomic E-state index is 0.145. The van der Waals surface area contributed by atoms with Gasteiger partial charge in [0.25, 0.3) is 0 Å². The average Bonchev–Trinajstić information content (AvgIpc) is 2.51. The molecule has 1 aromatic rings. The second-order valence-corrected chi connectivity index (χ2v) is 3.82. The Hall–Kier alpha value is -1.51. The van der Waals surface area contributed by atoms with Gasteiger partial charge < -0.3 is 11.1 Å². The number of nitrogens with two attached hydrogens (primary N) is 1. The summed E-state index contributed by atoms with van der Waals surface area (Å²) in [7, 11) is 0. The quantitative estimate of drug-likeness (QED) is 0.653. The summed E-state index contributed by atoms with van der Waals surface area (Å²) in [4.78, 5) is 11.1. The molecule has 1 fully saturated rings. The number of rotatable bonds is 1. The molecule has 2 rings (SSSR count). The lowest BCUT2D eigenvalue weighted by Crippen LogP contribution is -2.13. The van der Waals surface area contributed by atoms with E-state index in [4.69, 9.17) is 5.73 Å². The van der Waals surface area contributed by atoms with Crippen LogP contribution in [0.2, 0.25) is 0 Å². The summed E-state index contributed by atoms with van der Waals surface area (Å²) in [5.74, 6) is 0.467. The molecule has 0 aliphatic carbocycles. The summed E-state index contributed by atoms with van der Waals surface area (Å²) in [6.45, 7) is 2.79. The summed E-state index contributed by atoms with van der Waals surface area (Å²) >= 11 is 0. The monoisotopic (exact) mass is 190 g/mol. The van der Waals surface area contributed by atoms with Crippen molar-refractivity contribution in [3.8, 4) is 0 Å². The van der Waals surface area contributed by atoms with Crippen molar-refractivity contribution in [1.29, 1.82) is 0 Å². The molecule has 74 valence electrons. The van der Waals surface area contributed by atoms with E-state index in [2.05, 4.69) is 5.32 Å². The zero-order chi connectivity index (χ0) is 10.1. The Morgan fingerprint density at radius 1 is 1.50 bits per heavy atom. The molecule has 1 heterocycles. The van der Waals surface area contributed by atoms with E-state index in [1.54, 1.807) is 0 Å². The van der Waals surface area contributed by atoms with Crippen molar-refractivity contribution in [1.82, 2.24) is 5.32 Å². The molecule has 1 aliphatic heterocycles. The molecule has 3 nitrogen and oxygen atoms in total. The lowest BCUT2D eigenvalue weighted by Gasteiger charge is -2.11. The lowest BCUT2D eigenvalue weighted by atomic mass is 9.94. The highest BCUT2D eigenvalue weighted by Crippen LogP contribution is 2.26. The fourth-order valence-corrected chi connectivity index (χ4v) is 1.98. The van der Waals surface area contributed by atoms with E-state index in [1.807, 2.05) is 25.1 Å². The average molecular weight is 190 g/mol. The summed E-state index contributed by atoms with van der Waals surface area (Å²) < 4.78 is 0. The van der Waals surface area contributed by atoms with Crippen LogP contribution in [0.25, 0.3) is 0 Å². The van der Waals surface area contributed by atoms with Gasteiger partial charge in [-0.05, 0) is 30.2 Å². The highest BCUT2D eigenvalue weighted by molar-refractivity contribution is 5.79. The van der Waals surface area contributed by atoms with E-state index in [0.717, 1.165) is 12.2 Å². The zero-order valence-electron chi connectivity index (χ0n) is 8.21. The van der Waals surface area contributed by atoms with Crippen LogP contribution >= 0.6 is 0 Å². The number of nitrogen functional groups attached to an aromatic ring is 1. The molecule has 3 N–H and O–H groups in total. The van der Waals surface area contributed by atoms with Gasteiger partial charge in [0, 0.05) is 24.6 Å². The first-order valence-corrected chi connectivity index (χ1v) is 4.79. The van der Waals surface area contributed by atoms with Crippen LogP contribution in [0.4, 0.5) is 5.69 Å². The van der Waals surface area contributed by atoms with Crippen LogP contribution in [-0.2, 0) is 4.79 Å². The molecule has 1 amide bonds. The van der Waals surface area contributed by atoms with Crippen LogP contribution in [0.5, 0.6) is 0 Å². The van der Waals surface area contributed by atoms with Crippen LogP contribution in [0.15, 0.2) is 18.2 Å². The normalized spacial score (nSPS) is 20.9. The van der Waals surface area contributed by atoms with Gasteiger partial charge in [0.05, 0.1) is 0 Å². The molecule has 0 aromatic heterocycles. The minimum Gasteiger partial charge on any atom is -0.399 e. The molecular weight excluding hydrogens is 176 g/mol. The van der Waals surface area contributed by atoms with Gasteiger partial charge in [0.15, 0.2) is 0 Å². The number of amides is 1. The van der Waals surface area contributed by atoms with Crippen molar-refractivity contribution in [2.45, 2.75) is 19.3 Å². The van der Waals surface area contributed by atoms with Crippen LogP contribution in [0.1, 0.15) is 23.5 Å². The molecule has 0 bridgehead atoms. The maximum absolute atomic E-state index is 11.1. The van der Waals surface area contributed by atoms with Gasteiger partial charge in [-0.1, -0.05) is 6.07 Å². The maximum Gasteiger partial charge on any atom is 0.220 e. The number of hydrogen-bond acceptors (Lipinski definition) is 2. The van der Waals surface area contributed by atoms with Crippen molar-refractivity contribution in [2.75, 3.05) is 12.3 Å². The number of benzene rings is 1. The summed E-state index contributed by atoms with van der Waals surface area (Å²) in [5.41, 5.74) is 8.86. The van der Waals surface area contributed by atoms with E-state index in [9.17, 15) is 4.79 Å². The molecule has 0 saturated carbocycles. The van der Waals surface area contributed by atoms with Gasteiger partial charge in [-0.3, -0.25) is 4.79 Å². The Morgan fingerprint density at radius 3 is 2.86 bits per heavy atom. The van der Waals surface area contributed by atoms with Crippen LogP contribution < -0.4 is 11.1 Å². The number of carbonyl (C=O) groups is 1. The number of carbonyl (C=O) groups excluding carboxylic acids is 1. The van der Waals surface area contributed by atoms with Crippen molar-refractivity contribution in [3.63, 3.8) is 0 Å². The third-order valence-corrected chi connectivity index (χ3v) is 2.71. The van der Waals surface area contributed by atoms with Crippen LogP contribution in [0, 0.1) is 6.92 Å². The molecule has 3 heteroatoms. The first-order chi connectivity index (χ1) is 6.66. The Bertz CT molecular complexity index is 374. The third-order valence-electron chi connectivity index (χ3n) is 2.71. The molecule has 1 atom stereocenters. The molecule has 1 aromatic carbocycles. The Kier molecular flexibility index (Phi) is 2.15. The van der Waals surface area contributed by atoms with E-state index < -0.39 is 0 Å². The predicted molar refractivity (Wildman–Crippen MR) is 56.0 cm³/mol. The second kappa shape index (κ2) is 3.33. The molecular formula is C11H14N2O. The SMILES string of the molecule is Cc1cc(N)ccc1[C@@H]1CNC(=O)C1. The largest absolute Gasteiger partial charge is 0.399 e. The van der Waals surface area contributed by atoms with Gasteiger partial charge >= 0.3 is 0 Å². The first kappa shape index (κ1) is 9.06. The van der Waals surface area contributed by atoms with Gasteiger partial charge in [-0.15, -0.1) is 0 Å². The number of aryl methyl sites for hydroxylation is 1. The summed E-state index contributed by atoms with van der Waals surface area (Å²) in [6.07, 6.45) is 0.602. The second-order valence-electron chi connectivity index (χ2n) is 3.82. The number of anilines is 1. The molecule has 1 aliphatic rings. The molecule has 14 heavy (non-hydrogen) atoms. The van der Waals surface area contributed by atoms with Crippen molar-refractivity contribution < 1.29 is 4.79 Å². The smallest absolute Gasteiger partial charge is 0.220 e. The zero-order valence-corrected chi connectivity index (χ0v) is 8.21. The van der Waals surface area contributed by atoms with E-state index in [0.29, 0.717) is 12.3 Å². The topological polar surface area (TPSA) is 55.1 Å². The standard InChI is InChI=1S/C11H14N2O/c1-7-4-9(12)2-3-10(7)8-5-11(14)13-6-8/h2-4,8H,5-6,12H2,1H3,(H,13,14)/t8-/m0/s1. The molecule has 0 spiro atoms. The molecule has 0 unspecified atom stereocenters. The van der Waals surface area contributed by atoms with Crippen LogP contribution in [-0.4, -0.2) is 12.5 Å². The van der Waals surface area contributed by atoms with Gasteiger partial charge in [-0.2, -0.15) is 0 Å². The van der Waals surface area contributed by atoms with Crippen molar-refractivity contribution in [3.05, 3.63) is 29.3 Å². The summed E-state index contributed by atoms with van der Waals surface area (Å²) in [6, 6.07) is 5.87. The highest BCUT2D eigenvalue weighted by atomic mass is 16.1. The van der Waals surface area contributed by atoms with Crippen molar-refractivity contribution >= 4 is 11.6 Å². The maximum atomic E-state index is 11.1.